The third-order valence-electron chi connectivity index (χ3n) is 4.44. The smallest absolute Gasteiger partial charge is 0.251 e. The minimum atomic E-state index is -0.231. The first-order chi connectivity index (χ1) is 9.67. The van der Waals surface area contributed by atoms with Crippen molar-refractivity contribution in [3.8, 4) is 0 Å². The monoisotopic (exact) mass is 282 g/mol. The Balaban J connectivity index is 1.82. The summed E-state index contributed by atoms with van der Waals surface area (Å²) in [5.41, 5.74) is 0. The van der Waals surface area contributed by atoms with Gasteiger partial charge in [0, 0.05) is 38.7 Å². The average Bonchev–Trinajstić information content (AvgIpc) is 3.02. The van der Waals surface area contributed by atoms with E-state index in [-0.39, 0.29) is 23.8 Å². The Morgan fingerprint density at radius 1 is 1.15 bits per heavy atom. The standard InChI is InChI=1S/C15H26N2O3/c1-3-16(4-2)14(18)12-7-9-17(10-8-12)15(19)13-6-5-11-20-13/h12-13H,3-11H2,1-2H3. The van der Waals surface area contributed by atoms with Crippen molar-refractivity contribution < 1.29 is 14.3 Å². The average molecular weight is 282 g/mol. The Morgan fingerprint density at radius 2 is 1.80 bits per heavy atom. The van der Waals surface area contributed by atoms with Crippen LogP contribution in [0.5, 0.6) is 0 Å². The molecule has 0 saturated carbocycles. The predicted molar refractivity (Wildman–Crippen MR) is 76.2 cm³/mol. The lowest BCUT2D eigenvalue weighted by molar-refractivity contribution is -0.145. The maximum Gasteiger partial charge on any atom is 0.251 e. The molecule has 0 aromatic heterocycles. The van der Waals surface area contributed by atoms with Crippen LogP contribution in [0.25, 0.3) is 0 Å². The van der Waals surface area contributed by atoms with Crippen LogP contribution in [0.15, 0.2) is 0 Å². The second-order valence-corrected chi connectivity index (χ2v) is 5.61. The molecule has 5 heteroatoms. The number of ether oxygens (including phenoxy) is 1. The molecule has 1 atom stereocenters. The molecule has 2 aliphatic rings. The van der Waals surface area contributed by atoms with Crippen LogP contribution in [-0.2, 0) is 14.3 Å². The van der Waals surface area contributed by atoms with Gasteiger partial charge in [-0.05, 0) is 39.5 Å². The number of hydrogen-bond acceptors (Lipinski definition) is 3. The van der Waals surface area contributed by atoms with E-state index in [2.05, 4.69) is 0 Å². The maximum atomic E-state index is 12.3. The largest absolute Gasteiger partial charge is 0.368 e. The van der Waals surface area contributed by atoms with Gasteiger partial charge in [0.25, 0.3) is 5.91 Å². The van der Waals surface area contributed by atoms with Crippen LogP contribution in [0, 0.1) is 5.92 Å². The molecular formula is C15H26N2O3. The van der Waals surface area contributed by atoms with Gasteiger partial charge in [-0.2, -0.15) is 0 Å². The Morgan fingerprint density at radius 3 is 2.30 bits per heavy atom. The Hall–Kier alpha value is -1.10. The van der Waals surface area contributed by atoms with E-state index in [1.165, 1.54) is 0 Å². The molecule has 0 aliphatic carbocycles. The number of likely N-dealkylation sites (tertiary alicyclic amines) is 1. The Labute approximate surface area is 121 Å². The summed E-state index contributed by atoms with van der Waals surface area (Å²) in [6, 6.07) is 0. The summed E-state index contributed by atoms with van der Waals surface area (Å²) in [5, 5.41) is 0. The minimum absolute atomic E-state index is 0.0865. The van der Waals surface area contributed by atoms with Crippen LogP contribution in [0.1, 0.15) is 39.5 Å². The molecule has 114 valence electrons. The van der Waals surface area contributed by atoms with E-state index < -0.39 is 0 Å². The summed E-state index contributed by atoms with van der Waals surface area (Å²) in [6.45, 7) is 7.64. The van der Waals surface area contributed by atoms with Crippen molar-refractivity contribution in [2.45, 2.75) is 45.6 Å². The zero-order valence-corrected chi connectivity index (χ0v) is 12.6. The van der Waals surface area contributed by atoms with E-state index in [0.29, 0.717) is 19.7 Å². The van der Waals surface area contributed by atoms with Gasteiger partial charge in [0.15, 0.2) is 0 Å². The Kier molecular flexibility index (Phi) is 5.40. The minimum Gasteiger partial charge on any atom is -0.368 e. The number of carbonyl (C=O) groups excluding carboxylic acids is 2. The second kappa shape index (κ2) is 7.07. The first-order valence-corrected chi connectivity index (χ1v) is 7.86. The highest BCUT2D eigenvalue weighted by molar-refractivity contribution is 5.82. The van der Waals surface area contributed by atoms with Crippen molar-refractivity contribution in [1.82, 2.24) is 9.80 Å². The third kappa shape index (κ3) is 3.32. The topological polar surface area (TPSA) is 49.9 Å². The second-order valence-electron chi connectivity index (χ2n) is 5.61. The Bertz CT molecular complexity index is 319. The van der Waals surface area contributed by atoms with Gasteiger partial charge < -0.3 is 14.5 Å². The van der Waals surface area contributed by atoms with E-state index >= 15 is 0 Å². The molecule has 1 unspecified atom stereocenters. The fourth-order valence-electron chi connectivity index (χ4n) is 3.12. The van der Waals surface area contributed by atoms with E-state index in [1.807, 2.05) is 23.6 Å². The molecule has 0 spiro atoms. The fourth-order valence-corrected chi connectivity index (χ4v) is 3.12. The molecule has 5 nitrogen and oxygen atoms in total. The van der Waals surface area contributed by atoms with Crippen molar-refractivity contribution in [3.05, 3.63) is 0 Å². The molecule has 20 heavy (non-hydrogen) atoms. The summed E-state index contributed by atoms with van der Waals surface area (Å²) < 4.78 is 5.45. The van der Waals surface area contributed by atoms with Gasteiger partial charge >= 0.3 is 0 Å². The summed E-state index contributed by atoms with van der Waals surface area (Å²) in [7, 11) is 0. The number of piperidine rings is 1. The van der Waals surface area contributed by atoms with Gasteiger partial charge in [0.05, 0.1) is 0 Å². The molecule has 2 aliphatic heterocycles. The summed E-state index contributed by atoms with van der Waals surface area (Å²) in [6.07, 6.45) is 3.16. The first kappa shape index (κ1) is 15.3. The van der Waals surface area contributed by atoms with Gasteiger partial charge in [-0.1, -0.05) is 0 Å². The van der Waals surface area contributed by atoms with Crippen LogP contribution in [0.4, 0.5) is 0 Å². The number of nitrogens with zero attached hydrogens (tertiary/aromatic N) is 2. The molecule has 2 fully saturated rings. The lowest BCUT2D eigenvalue weighted by Gasteiger charge is -2.34. The maximum absolute atomic E-state index is 12.3. The molecule has 2 amide bonds. The molecule has 2 rings (SSSR count). The van der Waals surface area contributed by atoms with Crippen LogP contribution >= 0.6 is 0 Å². The van der Waals surface area contributed by atoms with E-state index in [1.54, 1.807) is 0 Å². The van der Waals surface area contributed by atoms with E-state index in [9.17, 15) is 9.59 Å². The lowest BCUT2D eigenvalue weighted by Crippen LogP contribution is -2.47. The summed E-state index contributed by atoms with van der Waals surface area (Å²) >= 11 is 0. The van der Waals surface area contributed by atoms with E-state index in [0.717, 1.165) is 38.8 Å². The number of rotatable bonds is 4. The van der Waals surface area contributed by atoms with Crippen LogP contribution < -0.4 is 0 Å². The molecule has 0 aromatic rings. The lowest BCUT2D eigenvalue weighted by atomic mass is 9.94. The number of amides is 2. The number of hydrogen-bond donors (Lipinski definition) is 0. The summed E-state index contributed by atoms with van der Waals surface area (Å²) in [4.78, 5) is 28.3. The van der Waals surface area contributed by atoms with Gasteiger partial charge in [-0.25, -0.2) is 0 Å². The fraction of sp³-hybridized carbons (Fsp3) is 0.867. The molecule has 2 saturated heterocycles. The van der Waals surface area contributed by atoms with Gasteiger partial charge in [0.1, 0.15) is 6.10 Å². The molecular weight excluding hydrogens is 256 g/mol. The van der Waals surface area contributed by atoms with Crippen LogP contribution in [0.2, 0.25) is 0 Å². The number of carbonyl (C=O) groups is 2. The molecule has 0 bridgehead atoms. The van der Waals surface area contributed by atoms with Gasteiger partial charge in [-0.15, -0.1) is 0 Å². The van der Waals surface area contributed by atoms with Crippen LogP contribution in [0.3, 0.4) is 0 Å². The molecule has 0 aromatic carbocycles. The molecule has 2 heterocycles. The van der Waals surface area contributed by atoms with Crippen molar-refractivity contribution in [2.75, 3.05) is 32.8 Å². The van der Waals surface area contributed by atoms with Crippen molar-refractivity contribution in [3.63, 3.8) is 0 Å². The van der Waals surface area contributed by atoms with Gasteiger partial charge in [-0.3, -0.25) is 9.59 Å². The highest BCUT2D eigenvalue weighted by Crippen LogP contribution is 2.22. The molecule has 0 radical (unpaired) electrons. The first-order valence-electron chi connectivity index (χ1n) is 7.86. The normalized spacial score (nSPS) is 23.9. The van der Waals surface area contributed by atoms with Crippen molar-refractivity contribution in [1.29, 1.82) is 0 Å². The zero-order valence-electron chi connectivity index (χ0n) is 12.6. The SMILES string of the molecule is CCN(CC)C(=O)C1CCN(C(=O)C2CCCO2)CC1. The van der Waals surface area contributed by atoms with Crippen molar-refractivity contribution >= 4 is 11.8 Å². The van der Waals surface area contributed by atoms with Crippen molar-refractivity contribution in [2.24, 2.45) is 5.92 Å². The quantitative estimate of drug-likeness (QED) is 0.780. The third-order valence-corrected chi connectivity index (χ3v) is 4.44. The highest BCUT2D eigenvalue weighted by atomic mass is 16.5. The van der Waals surface area contributed by atoms with Gasteiger partial charge in [0.2, 0.25) is 5.91 Å². The van der Waals surface area contributed by atoms with E-state index in [4.69, 9.17) is 4.74 Å². The zero-order chi connectivity index (χ0) is 14.5. The predicted octanol–water partition coefficient (Wildman–Crippen LogP) is 1.27. The van der Waals surface area contributed by atoms with Crippen LogP contribution in [-0.4, -0.2) is 60.5 Å². The highest BCUT2D eigenvalue weighted by Gasteiger charge is 2.33. The summed E-state index contributed by atoms with van der Waals surface area (Å²) in [5.74, 6) is 0.457. The molecule has 0 N–H and O–H groups in total.